The van der Waals surface area contributed by atoms with Crippen molar-refractivity contribution in [3.8, 4) is 0 Å². The van der Waals surface area contributed by atoms with Gasteiger partial charge in [-0.25, -0.2) is 0 Å². The minimum absolute atomic E-state index is 0.0311. The molecule has 0 bridgehead atoms. The summed E-state index contributed by atoms with van der Waals surface area (Å²) in [4.78, 5) is 39.7. The van der Waals surface area contributed by atoms with Crippen LogP contribution in [0.1, 0.15) is 213 Å². The second-order valence-electron chi connectivity index (χ2n) is 18.6. The van der Waals surface area contributed by atoms with Gasteiger partial charge in [0.1, 0.15) is 19.3 Å². The summed E-state index contributed by atoms with van der Waals surface area (Å²) in [5.41, 5.74) is 0. The van der Waals surface area contributed by atoms with E-state index in [0.717, 1.165) is 109 Å². The molecule has 3 atom stereocenters. The lowest BCUT2D eigenvalue weighted by molar-refractivity contribution is -0.870. The van der Waals surface area contributed by atoms with E-state index in [1.807, 2.05) is 33.3 Å². The van der Waals surface area contributed by atoms with Gasteiger partial charge in [-0.15, -0.1) is 0 Å². The fourth-order valence-electron chi connectivity index (χ4n) is 7.10. The second kappa shape index (κ2) is 45.2. The number of nitrogens with zero attached hydrogens (tertiary/aromatic N) is 1. The van der Waals surface area contributed by atoms with Gasteiger partial charge in [-0.1, -0.05) is 184 Å². The van der Waals surface area contributed by atoms with Crippen LogP contribution in [0.3, 0.4) is 0 Å². The summed E-state index contributed by atoms with van der Waals surface area (Å²) in [6.07, 6.45) is 55.8. The first-order valence-electron chi connectivity index (χ1n) is 26.2. The second-order valence-corrected chi connectivity index (χ2v) is 20.0. The van der Waals surface area contributed by atoms with Gasteiger partial charge in [-0.3, -0.25) is 14.2 Å². The fourth-order valence-corrected chi connectivity index (χ4v) is 7.82. The van der Waals surface area contributed by atoms with Crippen molar-refractivity contribution in [3.05, 3.63) is 72.9 Å². The number of hydrogen-bond acceptors (Lipinski definition) is 7. The summed E-state index contributed by atoms with van der Waals surface area (Å²) in [6, 6.07) is -0.903. The lowest BCUT2D eigenvalue weighted by Gasteiger charge is -2.30. The largest absolute Gasteiger partial charge is 0.756 e. The number of phosphoric ester groups is 1. The number of carbonyl (C=O) groups is 2. The van der Waals surface area contributed by atoms with E-state index in [4.69, 9.17) is 13.8 Å². The lowest BCUT2D eigenvalue weighted by Crippen LogP contribution is -2.47. The summed E-state index contributed by atoms with van der Waals surface area (Å²) < 4.78 is 30.1. The number of amides is 1. The van der Waals surface area contributed by atoms with Gasteiger partial charge in [-0.05, 0) is 89.5 Å². The van der Waals surface area contributed by atoms with Gasteiger partial charge in [0.2, 0.25) is 5.91 Å². The third-order valence-electron chi connectivity index (χ3n) is 11.1. The molecule has 0 radical (unpaired) electrons. The Labute approximate surface area is 400 Å². The van der Waals surface area contributed by atoms with Crippen LogP contribution in [0.2, 0.25) is 0 Å². The van der Waals surface area contributed by atoms with Crippen LogP contribution < -0.4 is 10.2 Å². The molecular weight excluding hydrogens is 832 g/mol. The minimum Gasteiger partial charge on any atom is -0.756 e. The number of nitrogens with one attached hydrogen (secondary N) is 1. The van der Waals surface area contributed by atoms with E-state index in [9.17, 15) is 19.0 Å². The van der Waals surface area contributed by atoms with Gasteiger partial charge in [0.05, 0.1) is 33.8 Å². The summed E-state index contributed by atoms with van der Waals surface area (Å²) in [5, 5.41) is 2.99. The van der Waals surface area contributed by atoms with E-state index in [-0.39, 0.29) is 31.3 Å². The zero-order valence-electron chi connectivity index (χ0n) is 42.7. The van der Waals surface area contributed by atoms with E-state index < -0.39 is 26.6 Å². The molecule has 0 aromatic rings. The number of carbonyl (C=O) groups excluding carboxylic acids is 2. The van der Waals surface area contributed by atoms with Crippen molar-refractivity contribution in [3.63, 3.8) is 0 Å². The van der Waals surface area contributed by atoms with E-state index in [1.54, 1.807) is 0 Å². The molecule has 0 aliphatic heterocycles. The molecular formula is C55H99N2O7P. The number of rotatable bonds is 46. The van der Waals surface area contributed by atoms with Crippen LogP contribution in [0.4, 0.5) is 0 Å². The molecule has 0 aliphatic rings. The maximum absolute atomic E-state index is 13.4. The van der Waals surface area contributed by atoms with Crippen molar-refractivity contribution in [2.24, 2.45) is 0 Å². The Morgan fingerprint density at radius 1 is 0.554 bits per heavy atom. The number of unbranched alkanes of at least 4 members (excludes halogenated alkanes) is 20. The minimum atomic E-state index is -4.70. The molecule has 1 N–H and O–H groups in total. The molecule has 0 fully saturated rings. The number of quaternary nitrogens is 1. The van der Waals surface area contributed by atoms with Gasteiger partial charge < -0.3 is 28.5 Å². The van der Waals surface area contributed by atoms with E-state index >= 15 is 0 Å². The van der Waals surface area contributed by atoms with E-state index in [0.29, 0.717) is 17.4 Å². The average molecular weight is 931 g/mol. The molecule has 376 valence electrons. The van der Waals surface area contributed by atoms with Crippen molar-refractivity contribution < 1.29 is 37.3 Å². The normalized spacial score (nSPS) is 14.5. The third kappa shape index (κ3) is 46.4. The summed E-state index contributed by atoms with van der Waals surface area (Å²) in [7, 11) is 1.15. The van der Waals surface area contributed by atoms with Gasteiger partial charge in [-0.2, -0.15) is 0 Å². The highest BCUT2D eigenvalue weighted by Crippen LogP contribution is 2.38. The standard InChI is InChI=1S/C55H99N2O7P/c1-7-10-13-16-19-22-25-27-29-32-35-38-41-44-47-54(58)56-52(51-63-65(60,61)62-50-49-57(4,5)6)53(46-43-40-37-34-31-24-21-18-15-12-9-3)64-55(59)48-45-42-39-36-33-30-28-26-23-20-17-14-11-8-2/h10-11,13-14,19-20,22-23,27,29,43,46,52-53H,7-9,12,15-18,21,24-26,28,30-42,44-45,47-51H2,1-6H3,(H-,56,58,60,61)/b13-10+,14-11+,22-19+,23-20+,29-27+,46-43+. The highest BCUT2D eigenvalue weighted by molar-refractivity contribution is 7.45. The molecule has 10 heteroatoms. The number of allylic oxidation sites excluding steroid dienone is 11. The fraction of sp³-hybridized carbons (Fsp3) is 0.745. The monoisotopic (exact) mass is 931 g/mol. The molecule has 0 aliphatic carbocycles. The number of esters is 1. The predicted octanol–water partition coefficient (Wildman–Crippen LogP) is 14.7. The van der Waals surface area contributed by atoms with E-state index in [2.05, 4.69) is 86.8 Å². The molecule has 9 nitrogen and oxygen atoms in total. The van der Waals surface area contributed by atoms with Crippen molar-refractivity contribution in [2.75, 3.05) is 40.9 Å². The Kier molecular flexibility index (Phi) is 43.5. The Morgan fingerprint density at radius 3 is 1.48 bits per heavy atom. The predicted molar refractivity (Wildman–Crippen MR) is 275 cm³/mol. The summed E-state index contributed by atoms with van der Waals surface area (Å²) in [6.45, 7) is 6.57. The molecule has 0 saturated heterocycles. The highest BCUT2D eigenvalue weighted by Gasteiger charge is 2.27. The lowest BCUT2D eigenvalue weighted by atomic mass is 10.1. The van der Waals surface area contributed by atoms with Crippen LogP contribution in [0.25, 0.3) is 0 Å². The first kappa shape index (κ1) is 62.4. The van der Waals surface area contributed by atoms with Crippen LogP contribution in [-0.2, 0) is 27.9 Å². The molecule has 3 unspecified atom stereocenters. The zero-order valence-corrected chi connectivity index (χ0v) is 43.6. The van der Waals surface area contributed by atoms with Crippen LogP contribution in [0.15, 0.2) is 72.9 Å². The molecule has 0 spiro atoms. The Hall–Kier alpha value is -2.55. The Balaban J connectivity index is 5.45. The van der Waals surface area contributed by atoms with Crippen LogP contribution in [-0.4, -0.2) is 69.4 Å². The smallest absolute Gasteiger partial charge is 0.306 e. The van der Waals surface area contributed by atoms with Crippen LogP contribution in [0, 0.1) is 0 Å². The molecule has 65 heavy (non-hydrogen) atoms. The average Bonchev–Trinajstić information content (AvgIpc) is 3.26. The first-order chi connectivity index (χ1) is 31.4. The van der Waals surface area contributed by atoms with Gasteiger partial charge in [0, 0.05) is 12.8 Å². The highest BCUT2D eigenvalue weighted by atomic mass is 31.2. The first-order valence-corrected chi connectivity index (χ1v) is 27.7. The summed E-state index contributed by atoms with van der Waals surface area (Å²) >= 11 is 0. The molecule has 0 aromatic heterocycles. The van der Waals surface area contributed by atoms with Crippen LogP contribution >= 0.6 is 7.82 Å². The van der Waals surface area contributed by atoms with Crippen LogP contribution in [0.5, 0.6) is 0 Å². The molecule has 0 rings (SSSR count). The van der Waals surface area contributed by atoms with Crippen molar-refractivity contribution >= 4 is 19.7 Å². The van der Waals surface area contributed by atoms with Gasteiger partial charge in [0.15, 0.2) is 0 Å². The molecule has 0 heterocycles. The Bertz CT molecular complexity index is 1350. The maximum atomic E-state index is 13.4. The SMILES string of the molecule is CC/C=C/C/C=C/C/C=C/CCCCCCC(=O)NC(COP(=O)([O-])OCC[N+](C)(C)C)C(/C=C/CCCCCCCCCCC)OC(=O)CCCCCCCCC/C=C/C/C=C/CC. The maximum Gasteiger partial charge on any atom is 0.306 e. The summed E-state index contributed by atoms with van der Waals surface area (Å²) in [5.74, 6) is -0.583. The number of hydrogen-bond donors (Lipinski definition) is 1. The zero-order chi connectivity index (χ0) is 48.0. The van der Waals surface area contributed by atoms with Crippen molar-refractivity contribution in [1.29, 1.82) is 0 Å². The van der Waals surface area contributed by atoms with Crippen molar-refractivity contribution in [1.82, 2.24) is 5.32 Å². The Morgan fingerprint density at radius 2 is 0.985 bits per heavy atom. The van der Waals surface area contributed by atoms with E-state index in [1.165, 1.54) is 64.2 Å². The third-order valence-corrected chi connectivity index (χ3v) is 12.1. The molecule has 1 amide bonds. The number of likely N-dealkylation sites (N-methyl/N-ethyl adjacent to an activating group) is 1. The number of ether oxygens (including phenoxy) is 1. The van der Waals surface area contributed by atoms with Gasteiger partial charge in [0.25, 0.3) is 7.82 Å². The molecule has 0 saturated carbocycles. The number of phosphoric acid groups is 1. The van der Waals surface area contributed by atoms with Gasteiger partial charge >= 0.3 is 5.97 Å². The topological polar surface area (TPSA) is 114 Å². The quantitative estimate of drug-likeness (QED) is 0.0213. The van der Waals surface area contributed by atoms with Crippen molar-refractivity contribution in [2.45, 2.75) is 226 Å². The molecule has 0 aromatic carbocycles.